The molecule has 1 aliphatic carbocycles. The van der Waals surface area contributed by atoms with E-state index in [4.69, 9.17) is 11.6 Å². The molecule has 2 atom stereocenters. The van der Waals surface area contributed by atoms with Crippen molar-refractivity contribution in [3.05, 3.63) is 16.4 Å². The van der Waals surface area contributed by atoms with Gasteiger partial charge in [0.2, 0.25) is 0 Å². The van der Waals surface area contributed by atoms with E-state index in [-0.39, 0.29) is 5.92 Å². The first-order chi connectivity index (χ1) is 9.02. The highest BCUT2D eigenvalue weighted by Gasteiger charge is 2.30. The van der Waals surface area contributed by atoms with Gasteiger partial charge in [-0.3, -0.25) is 9.48 Å². The Morgan fingerprint density at radius 2 is 2.21 bits per heavy atom. The second-order valence-corrected chi connectivity index (χ2v) is 6.14. The molecular formula is C15H23ClN2O. The van der Waals surface area contributed by atoms with Gasteiger partial charge in [0.05, 0.1) is 16.4 Å². The van der Waals surface area contributed by atoms with Crippen LogP contribution in [0.15, 0.2) is 0 Å². The summed E-state index contributed by atoms with van der Waals surface area (Å²) in [6, 6.07) is 0. The van der Waals surface area contributed by atoms with Crippen molar-refractivity contribution in [2.24, 2.45) is 18.9 Å². The van der Waals surface area contributed by atoms with E-state index in [2.05, 4.69) is 12.0 Å². The molecule has 1 heterocycles. The van der Waals surface area contributed by atoms with Gasteiger partial charge in [-0.05, 0) is 25.7 Å². The zero-order valence-corrected chi connectivity index (χ0v) is 12.8. The van der Waals surface area contributed by atoms with Gasteiger partial charge < -0.3 is 0 Å². The standard InChI is InChI=1S/C15H23ClN2O/c1-4-5-11-6-7-14(19)12(8-11)9-13-15(16)10(2)17-18(13)3/h11-12H,4-9H2,1-3H3. The van der Waals surface area contributed by atoms with Crippen LogP contribution in [-0.4, -0.2) is 15.6 Å². The van der Waals surface area contributed by atoms with Crippen molar-refractivity contribution >= 4 is 17.4 Å². The summed E-state index contributed by atoms with van der Waals surface area (Å²) in [6.07, 6.45) is 6.02. The summed E-state index contributed by atoms with van der Waals surface area (Å²) in [4.78, 5) is 12.1. The van der Waals surface area contributed by atoms with E-state index < -0.39 is 0 Å². The Balaban J connectivity index is 2.10. The Bertz CT molecular complexity index is 467. The third kappa shape index (κ3) is 3.19. The van der Waals surface area contributed by atoms with E-state index in [9.17, 15) is 4.79 Å². The second kappa shape index (κ2) is 6.08. The number of Topliss-reactive ketones (excluding diaryl/α,β-unsaturated/α-hetero) is 1. The molecule has 2 unspecified atom stereocenters. The van der Waals surface area contributed by atoms with Crippen LogP contribution in [0.1, 0.15) is 50.4 Å². The Morgan fingerprint density at radius 3 is 2.79 bits per heavy atom. The van der Waals surface area contributed by atoms with Gasteiger partial charge in [-0.25, -0.2) is 0 Å². The lowest BCUT2D eigenvalue weighted by Crippen LogP contribution is -2.27. The molecule has 1 aliphatic rings. The monoisotopic (exact) mass is 282 g/mol. The fraction of sp³-hybridized carbons (Fsp3) is 0.733. The van der Waals surface area contributed by atoms with Crippen molar-refractivity contribution < 1.29 is 4.79 Å². The zero-order valence-electron chi connectivity index (χ0n) is 12.1. The second-order valence-electron chi connectivity index (χ2n) is 5.77. The predicted molar refractivity (Wildman–Crippen MR) is 77.4 cm³/mol. The van der Waals surface area contributed by atoms with Gasteiger partial charge in [0.1, 0.15) is 5.78 Å². The van der Waals surface area contributed by atoms with E-state index in [1.807, 2.05) is 18.7 Å². The third-order valence-corrected chi connectivity index (χ3v) is 4.76. The maximum absolute atomic E-state index is 12.1. The molecule has 19 heavy (non-hydrogen) atoms. The fourth-order valence-electron chi connectivity index (χ4n) is 3.21. The van der Waals surface area contributed by atoms with Crippen LogP contribution in [0.4, 0.5) is 0 Å². The minimum absolute atomic E-state index is 0.137. The lowest BCUT2D eigenvalue weighted by atomic mass is 9.77. The first kappa shape index (κ1) is 14.6. The lowest BCUT2D eigenvalue weighted by molar-refractivity contribution is -0.125. The van der Waals surface area contributed by atoms with Crippen LogP contribution in [0.3, 0.4) is 0 Å². The molecule has 106 valence electrons. The van der Waals surface area contributed by atoms with Gasteiger partial charge in [-0.1, -0.05) is 31.4 Å². The zero-order chi connectivity index (χ0) is 14.0. The highest BCUT2D eigenvalue weighted by atomic mass is 35.5. The van der Waals surface area contributed by atoms with Gasteiger partial charge in [-0.2, -0.15) is 5.10 Å². The highest BCUT2D eigenvalue weighted by Crippen LogP contribution is 2.33. The molecule has 0 saturated heterocycles. The number of hydrogen-bond donors (Lipinski definition) is 0. The smallest absolute Gasteiger partial charge is 0.136 e. The van der Waals surface area contributed by atoms with Crippen molar-refractivity contribution in [3.8, 4) is 0 Å². The van der Waals surface area contributed by atoms with Crippen LogP contribution in [0.2, 0.25) is 5.02 Å². The van der Waals surface area contributed by atoms with E-state index in [1.54, 1.807) is 0 Å². The molecule has 1 aromatic heterocycles. The number of aryl methyl sites for hydroxylation is 2. The third-order valence-electron chi connectivity index (χ3n) is 4.27. The largest absolute Gasteiger partial charge is 0.299 e. The molecule has 0 spiro atoms. The molecule has 0 aromatic carbocycles. The van der Waals surface area contributed by atoms with Gasteiger partial charge in [0.25, 0.3) is 0 Å². The highest BCUT2D eigenvalue weighted by molar-refractivity contribution is 6.31. The molecule has 0 amide bonds. The molecule has 2 rings (SSSR count). The minimum atomic E-state index is 0.137. The maximum atomic E-state index is 12.1. The molecular weight excluding hydrogens is 260 g/mol. The maximum Gasteiger partial charge on any atom is 0.136 e. The van der Waals surface area contributed by atoms with Crippen molar-refractivity contribution in [3.63, 3.8) is 0 Å². The Hall–Kier alpha value is -0.830. The normalized spacial score (nSPS) is 23.9. The van der Waals surface area contributed by atoms with Crippen molar-refractivity contribution in [1.29, 1.82) is 0 Å². The van der Waals surface area contributed by atoms with Crippen LogP contribution in [0.5, 0.6) is 0 Å². The topological polar surface area (TPSA) is 34.9 Å². The van der Waals surface area contributed by atoms with E-state index in [0.29, 0.717) is 11.7 Å². The summed E-state index contributed by atoms with van der Waals surface area (Å²) in [5.74, 6) is 1.25. The van der Waals surface area contributed by atoms with Gasteiger partial charge in [0, 0.05) is 25.8 Å². The fourth-order valence-corrected chi connectivity index (χ4v) is 3.44. The molecule has 0 N–H and O–H groups in total. The summed E-state index contributed by atoms with van der Waals surface area (Å²) in [5.41, 5.74) is 1.86. The molecule has 1 saturated carbocycles. The first-order valence-electron chi connectivity index (χ1n) is 7.23. The predicted octanol–water partition coefficient (Wildman–Crippen LogP) is 3.71. The summed E-state index contributed by atoms with van der Waals surface area (Å²) >= 11 is 6.28. The number of carbonyl (C=O) groups excluding carboxylic acids is 1. The summed E-state index contributed by atoms with van der Waals surface area (Å²) in [7, 11) is 1.91. The van der Waals surface area contributed by atoms with E-state index >= 15 is 0 Å². The average molecular weight is 283 g/mol. The van der Waals surface area contributed by atoms with Crippen LogP contribution < -0.4 is 0 Å². The summed E-state index contributed by atoms with van der Waals surface area (Å²) in [5, 5.41) is 5.06. The van der Waals surface area contributed by atoms with Crippen molar-refractivity contribution in [2.75, 3.05) is 0 Å². The van der Waals surface area contributed by atoms with E-state index in [0.717, 1.165) is 42.1 Å². The molecule has 0 aliphatic heterocycles. The van der Waals surface area contributed by atoms with Gasteiger partial charge in [0.15, 0.2) is 0 Å². The van der Waals surface area contributed by atoms with Gasteiger partial charge in [-0.15, -0.1) is 0 Å². The number of rotatable bonds is 4. The van der Waals surface area contributed by atoms with Gasteiger partial charge >= 0.3 is 0 Å². The molecule has 1 aromatic rings. The molecule has 0 radical (unpaired) electrons. The van der Waals surface area contributed by atoms with Crippen LogP contribution in [-0.2, 0) is 18.3 Å². The number of aromatic nitrogens is 2. The number of ketones is 1. The number of halogens is 1. The van der Waals surface area contributed by atoms with Crippen LogP contribution in [0, 0.1) is 18.8 Å². The molecule has 3 nitrogen and oxygen atoms in total. The lowest BCUT2D eigenvalue weighted by Gasteiger charge is -2.28. The van der Waals surface area contributed by atoms with Crippen LogP contribution >= 0.6 is 11.6 Å². The Labute approximate surface area is 120 Å². The number of nitrogens with zero attached hydrogens (tertiary/aromatic N) is 2. The molecule has 4 heteroatoms. The molecule has 0 bridgehead atoms. The Kier molecular flexibility index (Phi) is 4.67. The minimum Gasteiger partial charge on any atom is -0.299 e. The van der Waals surface area contributed by atoms with E-state index in [1.165, 1.54) is 12.8 Å². The Morgan fingerprint density at radius 1 is 1.47 bits per heavy atom. The first-order valence-corrected chi connectivity index (χ1v) is 7.61. The summed E-state index contributed by atoms with van der Waals surface area (Å²) in [6.45, 7) is 4.13. The van der Waals surface area contributed by atoms with Crippen LogP contribution in [0.25, 0.3) is 0 Å². The van der Waals surface area contributed by atoms with Crippen molar-refractivity contribution in [2.45, 2.75) is 52.4 Å². The van der Waals surface area contributed by atoms with Crippen molar-refractivity contribution in [1.82, 2.24) is 9.78 Å². The average Bonchev–Trinajstić information content (AvgIpc) is 2.60. The quantitative estimate of drug-likeness (QED) is 0.844. The molecule has 1 fully saturated rings. The SMILES string of the molecule is CCCC1CCC(=O)C(Cc2c(Cl)c(C)nn2C)C1. The number of carbonyl (C=O) groups is 1. The summed E-state index contributed by atoms with van der Waals surface area (Å²) < 4.78 is 1.83. The number of hydrogen-bond acceptors (Lipinski definition) is 2.